The summed E-state index contributed by atoms with van der Waals surface area (Å²) in [6.07, 6.45) is 3.47. The Kier molecular flexibility index (Phi) is 10.7. The fraction of sp³-hybridized carbons (Fsp3) is 0.595. The Morgan fingerprint density at radius 1 is 1.17 bits per heavy atom. The van der Waals surface area contributed by atoms with Crippen molar-refractivity contribution in [3.8, 4) is 11.6 Å². The zero-order valence-corrected chi connectivity index (χ0v) is 31.9. The van der Waals surface area contributed by atoms with E-state index in [0.29, 0.717) is 36.2 Å². The number of benzene rings is 1. The number of methoxy groups -OCH3 is 1. The number of pyridine rings is 1. The Balaban J connectivity index is 1.36. The average Bonchev–Trinajstić information content (AvgIpc) is 4.02. The summed E-state index contributed by atoms with van der Waals surface area (Å²) in [7, 11) is 0.813. The van der Waals surface area contributed by atoms with Gasteiger partial charge in [0.05, 0.1) is 13.7 Å². The number of nitrogens with one attached hydrogen (secondary N) is 3. The SMILES string of the molecule is COc1ccc2c(O[C@@H]3C[C@H]4C(=O)N[C@]5(C(=O)NS(=O)(=O)C6(CF)CC6)C[C@H]5/C=C\CC[C@H](C)C[C@@H](C)[C@H](NC(=O)O)C(=O)N4C3)nc(N(C)C)cc2c1. The molecule has 0 spiro atoms. The van der Waals surface area contributed by atoms with E-state index in [1.807, 2.05) is 39.2 Å². The van der Waals surface area contributed by atoms with Gasteiger partial charge < -0.3 is 35.0 Å². The molecule has 1 aromatic carbocycles. The minimum absolute atomic E-state index is 0.0465. The first-order chi connectivity index (χ1) is 25.5. The summed E-state index contributed by atoms with van der Waals surface area (Å²) >= 11 is 0. The van der Waals surface area contributed by atoms with Crippen LogP contribution in [0.3, 0.4) is 0 Å². The van der Waals surface area contributed by atoms with E-state index in [0.717, 1.165) is 5.39 Å². The molecule has 0 unspecified atom stereocenters. The van der Waals surface area contributed by atoms with E-state index in [4.69, 9.17) is 14.5 Å². The van der Waals surface area contributed by atoms with Crippen molar-refractivity contribution in [3.05, 3.63) is 36.4 Å². The van der Waals surface area contributed by atoms with Gasteiger partial charge >= 0.3 is 6.09 Å². The molecule has 0 radical (unpaired) electrons. The van der Waals surface area contributed by atoms with E-state index < -0.39 is 80.8 Å². The molecule has 3 fully saturated rings. The molecule has 2 aliphatic carbocycles. The number of amides is 4. The summed E-state index contributed by atoms with van der Waals surface area (Å²) in [6, 6.07) is 4.83. The number of allylic oxidation sites excluding steroid dienone is 1. The lowest BCUT2D eigenvalue weighted by atomic mass is 9.88. The molecule has 4 aliphatic rings. The number of aromatic nitrogens is 1. The van der Waals surface area contributed by atoms with E-state index in [1.54, 1.807) is 37.1 Å². The van der Waals surface area contributed by atoms with E-state index >= 15 is 0 Å². The van der Waals surface area contributed by atoms with Gasteiger partial charge in [-0.15, -0.1) is 0 Å². The van der Waals surface area contributed by atoms with Crippen LogP contribution in [0, 0.1) is 17.8 Å². The number of halogens is 1. The number of carbonyl (C=O) groups is 4. The van der Waals surface area contributed by atoms with Crippen molar-refractivity contribution < 1.29 is 46.6 Å². The van der Waals surface area contributed by atoms with Crippen molar-refractivity contribution >= 4 is 50.4 Å². The van der Waals surface area contributed by atoms with E-state index in [9.17, 15) is 37.1 Å². The van der Waals surface area contributed by atoms with Crippen molar-refractivity contribution in [2.75, 3.05) is 39.3 Å². The molecule has 4 amide bonds. The van der Waals surface area contributed by atoms with Crippen LogP contribution >= 0.6 is 0 Å². The molecule has 1 saturated heterocycles. The van der Waals surface area contributed by atoms with Gasteiger partial charge in [-0.25, -0.2) is 17.6 Å². The Morgan fingerprint density at radius 2 is 1.91 bits per heavy atom. The first-order valence-electron chi connectivity index (χ1n) is 18.3. The van der Waals surface area contributed by atoms with Gasteiger partial charge in [-0.05, 0) is 80.0 Å². The third kappa shape index (κ3) is 7.64. The lowest BCUT2D eigenvalue weighted by Gasteiger charge is -2.32. The summed E-state index contributed by atoms with van der Waals surface area (Å²) in [5, 5.41) is 16.4. The lowest BCUT2D eigenvalue weighted by Crippen LogP contribution is -2.59. The fourth-order valence-electron chi connectivity index (χ4n) is 7.68. The van der Waals surface area contributed by atoms with Gasteiger partial charge in [0.15, 0.2) is 0 Å². The Bertz CT molecular complexity index is 1960. The second kappa shape index (κ2) is 14.9. The molecular weight excluding hydrogens is 724 g/mol. The van der Waals surface area contributed by atoms with E-state index in [1.165, 1.54) is 4.90 Å². The van der Waals surface area contributed by atoms with Crippen molar-refractivity contribution in [1.29, 1.82) is 0 Å². The molecule has 0 bridgehead atoms. The van der Waals surface area contributed by atoms with Crippen LogP contribution in [0.15, 0.2) is 36.4 Å². The highest BCUT2D eigenvalue weighted by atomic mass is 32.2. The molecule has 7 atom stereocenters. The maximum absolute atomic E-state index is 14.5. The summed E-state index contributed by atoms with van der Waals surface area (Å²) in [6.45, 7) is 2.54. The van der Waals surface area contributed by atoms with Crippen LogP contribution in [0.5, 0.6) is 11.6 Å². The Hall–Kier alpha value is -4.67. The molecule has 294 valence electrons. The molecular formula is C37H49FN6O9S. The van der Waals surface area contributed by atoms with Gasteiger partial charge in [0.25, 0.3) is 5.91 Å². The van der Waals surface area contributed by atoms with Gasteiger partial charge in [-0.2, -0.15) is 4.98 Å². The average molecular weight is 773 g/mol. The molecule has 17 heteroatoms. The summed E-state index contributed by atoms with van der Waals surface area (Å²) in [5.74, 6) is -1.81. The summed E-state index contributed by atoms with van der Waals surface area (Å²) in [5.41, 5.74) is -1.67. The van der Waals surface area contributed by atoms with Gasteiger partial charge in [0, 0.05) is 31.8 Å². The lowest BCUT2D eigenvalue weighted by molar-refractivity contribution is -0.142. The number of hydrogen-bond acceptors (Lipinski definition) is 10. The molecule has 54 heavy (non-hydrogen) atoms. The topological polar surface area (TPSA) is 197 Å². The van der Waals surface area contributed by atoms with Crippen LogP contribution in [0.4, 0.5) is 15.0 Å². The molecule has 2 aromatic rings. The normalized spacial score (nSPS) is 30.1. The zero-order chi connectivity index (χ0) is 39.2. The number of nitrogens with zero attached hydrogens (tertiary/aromatic N) is 3. The largest absolute Gasteiger partial charge is 0.497 e. The number of alkyl halides is 1. The van der Waals surface area contributed by atoms with Gasteiger partial charge in [0.1, 0.15) is 46.7 Å². The third-order valence-electron chi connectivity index (χ3n) is 11.3. The first kappa shape index (κ1) is 39.0. The highest BCUT2D eigenvalue weighted by Gasteiger charge is 2.64. The fourth-order valence-corrected chi connectivity index (χ4v) is 9.10. The zero-order valence-electron chi connectivity index (χ0n) is 31.1. The Labute approximate surface area is 314 Å². The highest BCUT2D eigenvalue weighted by molar-refractivity contribution is 7.91. The predicted molar refractivity (Wildman–Crippen MR) is 197 cm³/mol. The maximum Gasteiger partial charge on any atom is 0.405 e. The third-order valence-corrected chi connectivity index (χ3v) is 13.4. The van der Waals surface area contributed by atoms with Crippen molar-refractivity contribution in [2.24, 2.45) is 17.8 Å². The van der Waals surface area contributed by atoms with Crippen LogP contribution in [0.1, 0.15) is 58.8 Å². The predicted octanol–water partition coefficient (Wildman–Crippen LogP) is 3.13. The number of ether oxygens (including phenoxy) is 2. The van der Waals surface area contributed by atoms with E-state index in [2.05, 4.69) is 15.4 Å². The molecule has 4 N–H and O–H groups in total. The second-order valence-corrected chi connectivity index (χ2v) is 17.6. The maximum atomic E-state index is 14.5. The van der Waals surface area contributed by atoms with Crippen LogP contribution in [0.25, 0.3) is 10.8 Å². The number of sulfonamides is 1. The van der Waals surface area contributed by atoms with Crippen molar-refractivity contribution in [1.82, 2.24) is 25.2 Å². The smallest absolute Gasteiger partial charge is 0.405 e. The summed E-state index contributed by atoms with van der Waals surface area (Å²) < 4.78 is 52.4. The quantitative estimate of drug-likeness (QED) is 0.274. The Morgan fingerprint density at radius 3 is 2.56 bits per heavy atom. The number of carbonyl (C=O) groups excluding carboxylic acids is 3. The standard InChI is InChI=1S/C37H49FN6O9S/c1-21-8-6-7-9-24-18-37(24,34(47)42-54(50,51)36(20-38)12-13-36)41-31(45)28-17-26(19-44(28)33(46)30(22(2)14-21)40-35(48)49)53-32-27-11-10-25(52-5)15-23(27)16-29(39-32)43(3)4/h7,9-11,15-16,21-22,24,26,28,30,40H,6,8,12-14,17-20H2,1-5H3,(H,41,45)(H,42,47)(H,48,49)/b9-7-/t21-,22+,24+,26+,28-,30-,37+/m0/s1. The second-order valence-electron chi connectivity index (χ2n) is 15.5. The van der Waals surface area contributed by atoms with Crippen molar-refractivity contribution in [3.63, 3.8) is 0 Å². The number of anilines is 1. The van der Waals surface area contributed by atoms with Gasteiger partial charge in [0.2, 0.25) is 27.7 Å². The number of carboxylic acid groups (broad SMARTS) is 1. The van der Waals surface area contributed by atoms with Crippen LogP contribution < -0.4 is 29.7 Å². The first-order valence-corrected chi connectivity index (χ1v) is 19.8. The number of fused-ring (bicyclic) bond motifs is 3. The molecule has 6 rings (SSSR count). The molecule has 1 aromatic heterocycles. The summed E-state index contributed by atoms with van der Waals surface area (Å²) in [4.78, 5) is 62.5. The monoisotopic (exact) mass is 772 g/mol. The highest BCUT2D eigenvalue weighted by Crippen LogP contribution is 2.48. The molecule has 2 saturated carbocycles. The van der Waals surface area contributed by atoms with Gasteiger partial charge in [-0.1, -0.05) is 26.0 Å². The van der Waals surface area contributed by atoms with Gasteiger partial charge in [-0.3, -0.25) is 19.1 Å². The number of rotatable bonds is 9. The minimum Gasteiger partial charge on any atom is -0.497 e. The number of hydrogen-bond donors (Lipinski definition) is 4. The van der Waals surface area contributed by atoms with Crippen LogP contribution in [0.2, 0.25) is 0 Å². The van der Waals surface area contributed by atoms with Crippen LogP contribution in [-0.4, -0.2) is 110 Å². The van der Waals surface area contributed by atoms with Crippen LogP contribution in [-0.2, 0) is 24.4 Å². The van der Waals surface area contributed by atoms with Crippen molar-refractivity contribution in [2.45, 2.75) is 87.3 Å². The molecule has 2 aliphatic heterocycles. The molecule has 15 nitrogen and oxygen atoms in total. The minimum atomic E-state index is -4.39. The van der Waals surface area contributed by atoms with E-state index in [-0.39, 0.29) is 44.0 Å². The molecule has 3 heterocycles.